The summed E-state index contributed by atoms with van der Waals surface area (Å²) < 4.78 is 24.7. The van der Waals surface area contributed by atoms with E-state index in [1.807, 2.05) is 5.32 Å². The van der Waals surface area contributed by atoms with Gasteiger partial charge in [-0.05, 0) is 25.1 Å². The van der Waals surface area contributed by atoms with Crippen LogP contribution in [0.2, 0.25) is 0 Å². The summed E-state index contributed by atoms with van der Waals surface area (Å²) in [4.78, 5) is 22.0. The van der Waals surface area contributed by atoms with Gasteiger partial charge in [0.25, 0.3) is 0 Å². The Morgan fingerprint density at radius 1 is 1.47 bits per heavy atom. The van der Waals surface area contributed by atoms with Gasteiger partial charge in [-0.2, -0.15) is 0 Å². The van der Waals surface area contributed by atoms with Gasteiger partial charge < -0.3 is 5.73 Å². The Hall–Kier alpha value is -1.76. The summed E-state index contributed by atoms with van der Waals surface area (Å²) in [7, 11) is -1.74. The number of imide groups is 1. The van der Waals surface area contributed by atoms with Crippen molar-refractivity contribution in [2.45, 2.75) is 17.1 Å². The van der Waals surface area contributed by atoms with Crippen LogP contribution in [0.3, 0.4) is 0 Å². The molecule has 0 saturated carbocycles. The molecule has 3 N–H and O–H groups in total. The molecule has 0 aliphatic carbocycles. The van der Waals surface area contributed by atoms with Crippen LogP contribution < -0.4 is 11.1 Å². The number of hydrogen-bond donors (Lipinski definition) is 2. The first kappa shape index (κ1) is 13.3. The first-order valence-corrected chi connectivity index (χ1v) is 5.89. The van der Waals surface area contributed by atoms with E-state index in [0.717, 1.165) is 6.07 Å². The molecule has 2 atom stereocenters. The second-order valence-corrected chi connectivity index (χ2v) is 5.02. The topological polar surface area (TPSA) is 89.3 Å². The van der Waals surface area contributed by atoms with E-state index in [-0.39, 0.29) is 4.90 Å². The number of urea groups is 1. The number of amides is 3. The molecule has 17 heavy (non-hydrogen) atoms. The largest absolute Gasteiger partial charge is 0.351 e. The van der Waals surface area contributed by atoms with E-state index in [2.05, 4.69) is 0 Å². The van der Waals surface area contributed by atoms with Gasteiger partial charge in [0.05, 0.1) is 10.8 Å². The first-order chi connectivity index (χ1) is 7.91. The number of primary amides is 1. The lowest BCUT2D eigenvalue weighted by Gasteiger charge is -2.10. The molecule has 3 amide bonds. The fourth-order valence-electron chi connectivity index (χ4n) is 1.12. The number of carbonyl (C=O) groups excluding carboxylic acids is 2. The normalized spacial score (nSPS) is 13.8. The van der Waals surface area contributed by atoms with Crippen LogP contribution in [0.5, 0.6) is 0 Å². The minimum atomic E-state index is -1.74. The van der Waals surface area contributed by atoms with Crippen LogP contribution in [0.1, 0.15) is 6.92 Å². The molecular formula is C10H11FN2O3S. The maximum absolute atomic E-state index is 12.9. The lowest BCUT2D eigenvalue weighted by atomic mass is 10.3. The van der Waals surface area contributed by atoms with Crippen LogP contribution in [0.25, 0.3) is 0 Å². The summed E-state index contributed by atoms with van der Waals surface area (Å²) in [5.41, 5.74) is 4.76. The highest BCUT2D eigenvalue weighted by molar-refractivity contribution is 7.86. The van der Waals surface area contributed by atoms with Crippen molar-refractivity contribution in [1.82, 2.24) is 5.32 Å². The van der Waals surface area contributed by atoms with Crippen molar-refractivity contribution in [3.05, 3.63) is 30.1 Å². The fraction of sp³-hybridized carbons (Fsp3) is 0.200. The van der Waals surface area contributed by atoms with Crippen LogP contribution in [0, 0.1) is 5.82 Å². The summed E-state index contributed by atoms with van der Waals surface area (Å²) in [6.45, 7) is 1.36. The van der Waals surface area contributed by atoms with Gasteiger partial charge in [0.2, 0.25) is 5.91 Å². The van der Waals surface area contributed by atoms with Gasteiger partial charge in [-0.25, -0.2) is 9.18 Å². The fourth-order valence-corrected chi connectivity index (χ4v) is 2.22. The Morgan fingerprint density at radius 2 is 2.12 bits per heavy atom. The van der Waals surface area contributed by atoms with Crippen molar-refractivity contribution < 1.29 is 18.2 Å². The molecule has 2 unspecified atom stereocenters. The predicted molar refractivity (Wildman–Crippen MR) is 60.0 cm³/mol. The zero-order chi connectivity index (χ0) is 13.0. The summed E-state index contributed by atoms with van der Waals surface area (Å²) in [6.07, 6.45) is 0. The monoisotopic (exact) mass is 258 g/mol. The molecule has 0 radical (unpaired) electrons. The summed E-state index contributed by atoms with van der Waals surface area (Å²) >= 11 is 0. The van der Waals surface area contributed by atoms with E-state index >= 15 is 0 Å². The van der Waals surface area contributed by atoms with Gasteiger partial charge in [-0.15, -0.1) is 0 Å². The van der Waals surface area contributed by atoms with Crippen molar-refractivity contribution in [3.63, 3.8) is 0 Å². The Labute approximate surface area is 99.6 Å². The lowest BCUT2D eigenvalue weighted by molar-refractivity contribution is -0.119. The molecule has 7 heteroatoms. The third-order valence-corrected chi connectivity index (χ3v) is 3.54. The lowest BCUT2D eigenvalue weighted by Crippen LogP contribution is -2.42. The van der Waals surface area contributed by atoms with Gasteiger partial charge in [0.15, 0.2) is 0 Å². The molecule has 0 fully saturated rings. The van der Waals surface area contributed by atoms with Crippen molar-refractivity contribution >= 4 is 22.7 Å². The third kappa shape index (κ3) is 3.63. The van der Waals surface area contributed by atoms with Gasteiger partial charge in [-0.3, -0.25) is 14.3 Å². The summed E-state index contributed by atoms with van der Waals surface area (Å²) in [5, 5.41) is 0.825. The number of nitrogens with one attached hydrogen (secondary N) is 1. The molecule has 0 spiro atoms. The molecule has 0 bridgehead atoms. The highest BCUT2D eigenvalue weighted by atomic mass is 32.2. The Balaban J connectivity index is 2.83. The second kappa shape index (κ2) is 5.53. The molecule has 0 aromatic heterocycles. The summed E-state index contributed by atoms with van der Waals surface area (Å²) in [6, 6.07) is 4.09. The quantitative estimate of drug-likeness (QED) is 0.828. The number of hydrogen-bond acceptors (Lipinski definition) is 3. The SMILES string of the molecule is CC(C(=O)NC(N)=O)S(=O)c1cccc(F)c1. The van der Waals surface area contributed by atoms with E-state index in [0.29, 0.717) is 0 Å². The zero-order valence-electron chi connectivity index (χ0n) is 8.98. The number of nitrogens with two attached hydrogens (primary N) is 1. The van der Waals surface area contributed by atoms with Crippen LogP contribution in [0.4, 0.5) is 9.18 Å². The van der Waals surface area contributed by atoms with E-state index in [4.69, 9.17) is 5.73 Å². The molecule has 0 aliphatic rings. The van der Waals surface area contributed by atoms with Crippen LogP contribution in [-0.2, 0) is 15.6 Å². The van der Waals surface area contributed by atoms with Crippen molar-refractivity contribution in [2.24, 2.45) is 5.73 Å². The molecule has 1 aromatic rings. The van der Waals surface area contributed by atoms with Crippen molar-refractivity contribution in [2.75, 3.05) is 0 Å². The van der Waals surface area contributed by atoms with Crippen molar-refractivity contribution in [1.29, 1.82) is 0 Å². The van der Waals surface area contributed by atoms with Crippen LogP contribution >= 0.6 is 0 Å². The van der Waals surface area contributed by atoms with Crippen molar-refractivity contribution in [3.8, 4) is 0 Å². The average molecular weight is 258 g/mol. The minimum Gasteiger partial charge on any atom is -0.351 e. The van der Waals surface area contributed by atoms with E-state index in [1.54, 1.807) is 0 Å². The average Bonchev–Trinajstić information content (AvgIpc) is 2.26. The predicted octanol–water partition coefficient (Wildman–Crippen LogP) is 0.517. The second-order valence-electron chi connectivity index (χ2n) is 3.25. The Morgan fingerprint density at radius 3 is 2.65 bits per heavy atom. The number of rotatable bonds is 3. The van der Waals surface area contributed by atoms with Crippen LogP contribution in [0.15, 0.2) is 29.2 Å². The maximum atomic E-state index is 12.9. The number of carbonyl (C=O) groups is 2. The molecule has 0 heterocycles. The molecule has 0 aliphatic heterocycles. The zero-order valence-corrected chi connectivity index (χ0v) is 9.79. The molecule has 1 aromatic carbocycles. The highest BCUT2D eigenvalue weighted by Gasteiger charge is 2.22. The van der Waals surface area contributed by atoms with Gasteiger partial charge in [-0.1, -0.05) is 6.07 Å². The standard InChI is InChI=1S/C10H11FN2O3S/c1-6(9(14)13-10(12)15)17(16)8-4-2-3-7(11)5-8/h2-6H,1H3,(H3,12,13,14,15). The number of halogens is 1. The van der Waals surface area contributed by atoms with E-state index in [9.17, 15) is 18.2 Å². The number of benzene rings is 1. The molecular weight excluding hydrogens is 247 g/mol. The minimum absolute atomic E-state index is 0.178. The van der Waals surface area contributed by atoms with Crippen LogP contribution in [-0.4, -0.2) is 21.4 Å². The Bertz CT molecular complexity index is 478. The smallest absolute Gasteiger partial charge is 0.318 e. The molecule has 5 nitrogen and oxygen atoms in total. The highest BCUT2D eigenvalue weighted by Crippen LogP contribution is 2.12. The molecule has 1 rings (SSSR count). The first-order valence-electron chi connectivity index (χ1n) is 4.68. The molecule has 92 valence electrons. The van der Waals surface area contributed by atoms with Gasteiger partial charge in [0, 0.05) is 4.90 Å². The Kier molecular flexibility index (Phi) is 4.33. The third-order valence-electron chi connectivity index (χ3n) is 1.97. The van der Waals surface area contributed by atoms with Gasteiger partial charge in [0.1, 0.15) is 11.1 Å². The van der Waals surface area contributed by atoms with Gasteiger partial charge >= 0.3 is 6.03 Å². The van der Waals surface area contributed by atoms with E-state index in [1.165, 1.54) is 25.1 Å². The summed E-state index contributed by atoms with van der Waals surface area (Å²) in [5.74, 6) is -1.31. The van der Waals surface area contributed by atoms with E-state index < -0.39 is 33.8 Å². The molecule has 0 saturated heterocycles. The maximum Gasteiger partial charge on any atom is 0.318 e.